The van der Waals surface area contributed by atoms with Gasteiger partial charge < -0.3 is 29.8 Å². The van der Waals surface area contributed by atoms with E-state index in [0.29, 0.717) is 36.3 Å². The number of carboxylic acids is 1. The van der Waals surface area contributed by atoms with Crippen molar-refractivity contribution >= 4 is 34.5 Å². The number of allylic oxidation sites excluding steroid dienone is 1. The number of rotatable bonds is 11. The van der Waals surface area contributed by atoms with Crippen molar-refractivity contribution in [2.45, 2.75) is 38.8 Å². The van der Waals surface area contributed by atoms with E-state index in [4.69, 9.17) is 9.47 Å². The summed E-state index contributed by atoms with van der Waals surface area (Å²) in [6, 6.07) is 9.26. The maximum Gasteiger partial charge on any atom is 0.320 e. The number of H-pyrrole nitrogens is 1. The van der Waals surface area contributed by atoms with Gasteiger partial charge in [0.05, 0.1) is 0 Å². The molecule has 0 radical (unpaired) electrons. The third-order valence-electron chi connectivity index (χ3n) is 6.53. The van der Waals surface area contributed by atoms with E-state index in [2.05, 4.69) is 15.3 Å². The van der Waals surface area contributed by atoms with Crippen molar-refractivity contribution in [2.24, 2.45) is 5.92 Å². The van der Waals surface area contributed by atoms with Gasteiger partial charge in [-0.2, -0.15) is 0 Å². The second-order valence-electron chi connectivity index (χ2n) is 9.64. The molecule has 0 spiro atoms. The number of pyridine rings is 1. The number of aromatic amines is 1. The van der Waals surface area contributed by atoms with Gasteiger partial charge in [0.1, 0.15) is 18.0 Å². The van der Waals surface area contributed by atoms with Crippen molar-refractivity contribution in [1.82, 2.24) is 14.9 Å². The van der Waals surface area contributed by atoms with Crippen molar-refractivity contribution in [3.63, 3.8) is 0 Å². The van der Waals surface area contributed by atoms with E-state index >= 15 is 0 Å². The fraction of sp³-hybridized carbons (Fsp3) is 0.393. The number of aromatic nitrogens is 2. The Morgan fingerprint density at radius 1 is 1.35 bits per heavy atom. The predicted octanol–water partition coefficient (Wildman–Crippen LogP) is 4.45. The fourth-order valence-corrected chi connectivity index (χ4v) is 4.54. The van der Waals surface area contributed by atoms with Crippen LogP contribution in [0.4, 0.5) is 5.69 Å². The Balaban J connectivity index is 1.67. The maximum atomic E-state index is 13.4. The van der Waals surface area contributed by atoms with E-state index in [-0.39, 0.29) is 5.76 Å². The van der Waals surface area contributed by atoms with E-state index in [1.54, 1.807) is 24.5 Å². The van der Waals surface area contributed by atoms with Crippen LogP contribution in [-0.4, -0.2) is 64.7 Å². The minimum Gasteiger partial charge on any atom is -0.492 e. The van der Waals surface area contributed by atoms with Crippen LogP contribution in [0.25, 0.3) is 17.1 Å². The summed E-state index contributed by atoms with van der Waals surface area (Å²) >= 11 is 0. The number of aryl methyl sites for hydroxylation is 1. The second kappa shape index (κ2) is 11.0. The molecular weight excluding hydrogens is 472 g/mol. The van der Waals surface area contributed by atoms with Crippen LogP contribution in [0.2, 0.25) is 0 Å². The molecule has 1 aromatic carbocycles. The van der Waals surface area contributed by atoms with Crippen LogP contribution in [0, 0.1) is 12.8 Å². The molecule has 1 fully saturated rings. The van der Waals surface area contributed by atoms with Gasteiger partial charge in [-0.15, -0.1) is 0 Å². The van der Waals surface area contributed by atoms with Gasteiger partial charge in [-0.3, -0.25) is 9.59 Å². The van der Waals surface area contributed by atoms with Crippen molar-refractivity contribution < 1.29 is 24.2 Å². The van der Waals surface area contributed by atoms with Crippen LogP contribution in [0.1, 0.15) is 37.3 Å². The van der Waals surface area contributed by atoms with E-state index < -0.39 is 23.4 Å². The van der Waals surface area contributed by atoms with Gasteiger partial charge in [0.15, 0.2) is 11.7 Å². The number of anilines is 1. The minimum absolute atomic E-state index is 0.0158. The van der Waals surface area contributed by atoms with Crippen LogP contribution in [0.5, 0.6) is 5.75 Å². The lowest BCUT2D eigenvalue weighted by molar-refractivity contribution is -0.149. The third-order valence-corrected chi connectivity index (χ3v) is 6.53. The topological polar surface area (TPSA) is 117 Å². The zero-order valence-corrected chi connectivity index (χ0v) is 21.7. The molecule has 4 rings (SSSR count). The second-order valence-corrected chi connectivity index (χ2v) is 9.64. The van der Waals surface area contributed by atoms with Gasteiger partial charge in [0, 0.05) is 42.0 Å². The lowest BCUT2D eigenvalue weighted by Crippen LogP contribution is -2.48. The van der Waals surface area contributed by atoms with Crippen LogP contribution in [0.15, 0.2) is 48.5 Å². The van der Waals surface area contributed by atoms with E-state index in [1.165, 1.54) is 0 Å². The number of ketones is 1. The molecule has 9 nitrogen and oxygen atoms in total. The van der Waals surface area contributed by atoms with Gasteiger partial charge in [0.2, 0.25) is 11.5 Å². The van der Waals surface area contributed by atoms with Gasteiger partial charge in [0.25, 0.3) is 0 Å². The normalized spacial score (nSPS) is 20.5. The smallest absolute Gasteiger partial charge is 0.320 e. The Morgan fingerprint density at radius 3 is 2.86 bits per heavy atom. The highest BCUT2D eigenvalue weighted by atomic mass is 16.5. The number of unbranched alkanes of at least 4 members (excludes halogenated alkanes) is 1. The molecule has 0 bridgehead atoms. The monoisotopic (exact) mass is 506 g/mol. The molecule has 3 heterocycles. The molecular formula is C28H34N4O5. The number of aliphatic carboxylic acids is 1. The van der Waals surface area contributed by atoms with Crippen LogP contribution >= 0.6 is 0 Å². The standard InChI is InChI=1S/C28H34N4O5/c1-5-6-11-28(31-22-10-9-20(15-18(22)2)36-14-13-32(3)4)24(27(34)35)25(33)23(37-28)16-19-17-30-26-21(19)8-7-12-29-26/h7-10,12,15-17,24,31H,5-6,11,13-14H2,1-4H3,(H,29,30)(H,34,35). The number of likely N-dealkylation sites (N-methyl/N-ethyl adjacent to an activating group) is 1. The van der Waals surface area contributed by atoms with Gasteiger partial charge in [-0.1, -0.05) is 13.3 Å². The molecule has 37 heavy (non-hydrogen) atoms. The number of Topliss-reactive ketones (excluding diaryl/α,β-unsaturated/α-hetero) is 1. The number of ether oxygens (including phenoxy) is 2. The maximum absolute atomic E-state index is 13.4. The Labute approximate surface area is 216 Å². The van der Waals surface area contributed by atoms with Crippen molar-refractivity contribution in [2.75, 3.05) is 32.6 Å². The number of hydrogen-bond donors (Lipinski definition) is 3. The molecule has 3 N–H and O–H groups in total. The molecule has 9 heteroatoms. The average molecular weight is 507 g/mol. The number of nitrogens with one attached hydrogen (secondary N) is 2. The lowest BCUT2D eigenvalue weighted by atomic mass is 9.88. The lowest BCUT2D eigenvalue weighted by Gasteiger charge is -2.34. The van der Waals surface area contributed by atoms with Crippen molar-refractivity contribution in [3.8, 4) is 5.75 Å². The summed E-state index contributed by atoms with van der Waals surface area (Å²) in [5, 5.41) is 14.3. The summed E-state index contributed by atoms with van der Waals surface area (Å²) in [6.45, 7) is 5.27. The largest absolute Gasteiger partial charge is 0.492 e. The SMILES string of the molecule is CCCCC1(Nc2ccc(OCCN(C)C)cc2C)OC(=Cc2c[nH]c3ncccc23)C(=O)C1C(=O)O. The molecule has 0 amide bonds. The number of nitrogens with zero attached hydrogens (tertiary/aromatic N) is 2. The van der Waals surface area contributed by atoms with Crippen LogP contribution < -0.4 is 10.1 Å². The number of hydrogen-bond acceptors (Lipinski definition) is 7. The number of carbonyl (C=O) groups is 2. The summed E-state index contributed by atoms with van der Waals surface area (Å²) < 4.78 is 12.1. The first kappa shape index (κ1) is 26.2. The van der Waals surface area contributed by atoms with E-state index in [1.807, 2.05) is 57.1 Å². The number of benzene rings is 1. The van der Waals surface area contributed by atoms with Gasteiger partial charge in [-0.25, -0.2) is 4.98 Å². The molecule has 1 aliphatic heterocycles. The first-order valence-corrected chi connectivity index (χ1v) is 12.5. The number of fused-ring (bicyclic) bond motifs is 1. The Kier molecular flexibility index (Phi) is 7.83. The highest BCUT2D eigenvalue weighted by Crippen LogP contribution is 2.42. The first-order valence-electron chi connectivity index (χ1n) is 12.5. The summed E-state index contributed by atoms with van der Waals surface area (Å²) in [5.41, 5.74) is 1.50. The van der Waals surface area contributed by atoms with Crippen LogP contribution in [-0.2, 0) is 14.3 Å². The summed E-state index contributed by atoms with van der Waals surface area (Å²) in [5.74, 6) is -2.44. The molecule has 1 saturated heterocycles. The number of carboxylic acid groups (broad SMARTS) is 1. The molecule has 2 atom stereocenters. The molecule has 2 aromatic heterocycles. The van der Waals surface area contributed by atoms with Crippen LogP contribution in [0.3, 0.4) is 0 Å². The van der Waals surface area contributed by atoms with Gasteiger partial charge in [-0.05, 0) is 69.4 Å². The average Bonchev–Trinajstić information content (AvgIpc) is 3.38. The number of carbonyl (C=O) groups excluding carboxylic acids is 1. The first-order chi connectivity index (χ1) is 17.7. The summed E-state index contributed by atoms with van der Waals surface area (Å²) in [4.78, 5) is 35.3. The van der Waals surface area contributed by atoms with E-state index in [9.17, 15) is 14.7 Å². The highest BCUT2D eigenvalue weighted by Gasteiger charge is 2.57. The predicted molar refractivity (Wildman–Crippen MR) is 142 cm³/mol. The molecule has 2 unspecified atom stereocenters. The quantitative estimate of drug-likeness (QED) is 0.258. The van der Waals surface area contributed by atoms with Gasteiger partial charge >= 0.3 is 5.97 Å². The molecule has 196 valence electrons. The zero-order chi connectivity index (χ0) is 26.6. The highest BCUT2D eigenvalue weighted by molar-refractivity contribution is 6.12. The van der Waals surface area contributed by atoms with E-state index in [0.717, 1.165) is 29.7 Å². The minimum atomic E-state index is -1.42. The summed E-state index contributed by atoms with van der Waals surface area (Å²) in [7, 11) is 3.97. The molecule has 3 aromatic rings. The fourth-order valence-electron chi connectivity index (χ4n) is 4.54. The molecule has 0 saturated carbocycles. The van der Waals surface area contributed by atoms with Crippen molar-refractivity contribution in [1.29, 1.82) is 0 Å². The van der Waals surface area contributed by atoms with Crippen molar-refractivity contribution in [3.05, 3.63) is 59.6 Å². The zero-order valence-electron chi connectivity index (χ0n) is 21.7. The molecule has 0 aliphatic carbocycles. The molecule has 1 aliphatic rings. The summed E-state index contributed by atoms with van der Waals surface area (Å²) in [6.07, 6.45) is 6.85. The third kappa shape index (κ3) is 5.61. The Bertz CT molecular complexity index is 1310. The Morgan fingerprint density at radius 2 is 2.16 bits per heavy atom. The Hall–Kier alpha value is -3.85.